The van der Waals surface area contributed by atoms with Crippen LogP contribution in [0, 0.1) is 22.6 Å². The Kier molecular flexibility index (Phi) is 3.72. The molecule has 0 unspecified atom stereocenters. The molecule has 0 saturated heterocycles. The van der Waals surface area contributed by atoms with E-state index >= 15 is 0 Å². The summed E-state index contributed by atoms with van der Waals surface area (Å²) in [7, 11) is 1.44. The lowest BCUT2D eigenvalue weighted by atomic mass is 10.1. The van der Waals surface area contributed by atoms with E-state index in [0.717, 1.165) is 4.57 Å². The number of aromatic nitrogens is 2. The minimum atomic E-state index is -0.504. The number of rotatable bonds is 2. The van der Waals surface area contributed by atoms with Gasteiger partial charge in [0.05, 0.1) is 18.2 Å². The minimum Gasteiger partial charge on any atom is -0.284 e. The molecule has 0 spiro atoms. The molecule has 0 atom stereocenters. The Morgan fingerprint density at radius 3 is 2.80 bits per heavy atom. The molecule has 0 radical (unpaired) electrons. The lowest BCUT2D eigenvalue weighted by molar-refractivity contribution is 0.612. The summed E-state index contributed by atoms with van der Waals surface area (Å²) in [6.45, 7) is -0.0353. The van der Waals surface area contributed by atoms with Gasteiger partial charge in [0.25, 0.3) is 0 Å². The first-order valence-corrected chi connectivity index (χ1v) is 6.01. The third kappa shape index (κ3) is 2.49. The molecule has 0 aliphatic carbocycles. The van der Waals surface area contributed by atoms with E-state index in [1.165, 1.54) is 35.9 Å². The van der Waals surface area contributed by atoms with Crippen LogP contribution in [0.4, 0.5) is 4.39 Å². The van der Waals surface area contributed by atoms with Gasteiger partial charge in [0.2, 0.25) is 0 Å². The van der Waals surface area contributed by atoms with E-state index in [0.29, 0.717) is 5.56 Å². The largest absolute Gasteiger partial charge is 0.330 e. The molecule has 0 fully saturated rings. The fourth-order valence-electron chi connectivity index (χ4n) is 1.78. The van der Waals surface area contributed by atoms with Gasteiger partial charge in [-0.3, -0.25) is 14.5 Å². The highest BCUT2D eigenvalue weighted by Crippen LogP contribution is 2.13. The van der Waals surface area contributed by atoms with E-state index in [1.54, 1.807) is 0 Å². The average Bonchev–Trinajstić information content (AvgIpc) is 2.41. The third-order valence-electron chi connectivity index (χ3n) is 2.91. The predicted molar refractivity (Wildman–Crippen MR) is 70.8 cm³/mol. The molecular formula is C13H10ClFN4O. The zero-order chi connectivity index (χ0) is 14.9. The molecule has 0 saturated carbocycles. The zero-order valence-electron chi connectivity index (χ0n) is 10.5. The lowest BCUT2D eigenvalue weighted by Crippen LogP contribution is -2.38. The molecule has 1 aromatic heterocycles. The highest BCUT2D eigenvalue weighted by atomic mass is 35.5. The maximum absolute atomic E-state index is 13.3. The SMILES string of the molecule is Cn1c(=N)cc(Cl)n(Cc2cc(F)ccc2C#N)c1=O. The maximum atomic E-state index is 13.3. The average molecular weight is 293 g/mol. The van der Waals surface area contributed by atoms with Gasteiger partial charge in [0, 0.05) is 13.1 Å². The monoisotopic (exact) mass is 292 g/mol. The zero-order valence-corrected chi connectivity index (χ0v) is 11.3. The Morgan fingerprint density at radius 2 is 2.15 bits per heavy atom. The molecule has 5 nitrogen and oxygen atoms in total. The smallest absolute Gasteiger partial charge is 0.284 e. The van der Waals surface area contributed by atoms with Crippen molar-refractivity contribution in [2.45, 2.75) is 6.54 Å². The summed E-state index contributed by atoms with van der Waals surface area (Å²) < 4.78 is 15.5. The molecule has 0 bridgehead atoms. The molecular weight excluding hydrogens is 283 g/mol. The van der Waals surface area contributed by atoms with Crippen LogP contribution in [0.1, 0.15) is 11.1 Å². The molecule has 0 aliphatic rings. The summed E-state index contributed by atoms with van der Waals surface area (Å²) in [5.41, 5.74) is 0.0906. The van der Waals surface area contributed by atoms with Crippen LogP contribution in [0.3, 0.4) is 0 Å². The summed E-state index contributed by atoms with van der Waals surface area (Å²) in [4.78, 5) is 12.0. The number of hydrogen-bond acceptors (Lipinski definition) is 3. The van der Waals surface area contributed by atoms with Gasteiger partial charge in [-0.15, -0.1) is 0 Å². The highest BCUT2D eigenvalue weighted by molar-refractivity contribution is 6.29. The number of hydrogen-bond donors (Lipinski definition) is 1. The molecule has 1 heterocycles. The summed E-state index contributed by atoms with van der Waals surface area (Å²) >= 11 is 5.94. The Labute approximate surface area is 118 Å². The van der Waals surface area contributed by atoms with E-state index in [9.17, 15) is 9.18 Å². The summed E-state index contributed by atoms with van der Waals surface area (Å²) in [6.07, 6.45) is 0. The Hall–Kier alpha value is -2.39. The van der Waals surface area contributed by atoms with E-state index in [2.05, 4.69) is 0 Å². The molecule has 2 rings (SSSR count). The predicted octanol–water partition coefficient (Wildman–Crippen LogP) is 1.38. The summed E-state index contributed by atoms with van der Waals surface area (Å²) in [5, 5.41) is 16.6. The van der Waals surface area contributed by atoms with Crippen molar-refractivity contribution in [1.29, 1.82) is 10.7 Å². The van der Waals surface area contributed by atoms with Gasteiger partial charge in [-0.2, -0.15) is 5.26 Å². The Bertz CT molecular complexity index is 832. The van der Waals surface area contributed by atoms with Crippen molar-refractivity contribution in [1.82, 2.24) is 9.13 Å². The van der Waals surface area contributed by atoms with Crippen LogP contribution in [-0.2, 0) is 13.6 Å². The molecule has 1 N–H and O–H groups in total. The first-order chi connectivity index (χ1) is 9.43. The molecule has 0 aliphatic heterocycles. The minimum absolute atomic E-state index is 0.0315. The summed E-state index contributed by atoms with van der Waals surface area (Å²) in [6, 6.07) is 6.97. The maximum Gasteiger partial charge on any atom is 0.330 e. The number of nitrogens with one attached hydrogen (secondary N) is 1. The second-order valence-electron chi connectivity index (χ2n) is 4.19. The van der Waals surface area contributed by atoms with Gasteiger partial charge in [0.1, 0.15) is 16.5 Å². The van der Waals surface area contributed by atoms with Crippen molar-refractivity contribution in [3.05, 3.63) is 62.3 Å². The van der Waals surface area contributed by atoms with Crippen LogP contribution in [-0.4, -0.2) is 9.13 Å². The topological polar surface area (TPSA) is 74.6 Å². The van der Waals surface area contributed by atoms with Gasteiger partial charge in [-0.1, -0.05) is 11.6 Å². The van der Waals surface area contributed by atoms with Gasteiger partial charge < -0.3 is 0 Å². The van der Waals surface area contributed by atoms with E-state index < -0.39 is 11.5 Å². The fourth-order valence-corrected chi connectivity index (χ4v) is 2.01. The van der Waals surface area contributed by atoms with Crippen molar-refractivity contribution in [2.75, 3.05) is 0 Å². The van der Waals surface area contributed by atoms with Crippen LogP contribution in [0.5, 0.6) is 0 Å². The number of nitriles is 1. The molecule has 1 aromatic carbocycles. The second kappa shape index (κ2) is 5.31. The molecule has 102 valence electrons. The van der Waals surface area contributed by atoms with Crippen molar-refractivity contribution < 1.29 is 4.39 Å². The third-order valence-corrected chi connectivity index (χ3v) is 3.22. The molecule has 2 aromatic rings. The highest BCUT2D eigenvalue weighted by Gasteiger charge is 2.10. The van der Waals surface area contributed by atoms with Crippen LogP contribution in [0.2, 0.25) is 5.15 Å². The van der Waals surface area contributed by atoms with Crippen LogP contribution in [0.25, 0.3) is 0 Å². The van der Waals surface area contributed by atoms with Gasteiger partial charge >= 0.3 is 5.69 Å². The standard InChI is InChI=1S/C13H10ClFN4O/c1-18-12(17)5-11(14)19(13(18)20)7-9-4-10(15)3-2-8(9)6-16/h2-5,17H,7H2,1H3. The summed E-state index contributed by atoms with van der Waals surface area (Å²) in [5.74, 6) is -0.496. The molecule has 20 heavy (non-hydrogen) atoms. The van der Waals surface area contributed by atoms with Crippen molar-refractivity contribution in [3.63, 3.8) is 0 Å². The second-order valence-corrected chi connectivity index (χ2v) is 4.58. The van der Waals surface area contributed by atoms with Crippen LogP contribution >= 0.6 is 11.6 Å². The number of nitrogens with zero attached hydrogens (tertiary/aromatic N) is 3. The van der Waals surface area contributed by atoms with Crippen molar-refractivity contribution >= 4 is 11.6 Å². The quantitative estimate of drug-likeness (QED) is 0.849. The van der Waals surface area contributed by atoms with Crippen LogP contribution in [0.15, 0.2) is 29.1 Å². The van der Waals surface area contributed by atoms with Gasteiger partial charge in [-0.25, -0.2) is 9.18 Å². The van der Waals surface area contributed by atoms with E-state index in [1.807, 2.05) is 6.07 Å². The first kappa shape index (κ1) is 14.0. The van der Waals surface area contributed by atoms with Gasteiger partial charge in [0.15, 0.2) is 0 Å². The van der Waals surface area contributed by atoms with Gasteiger partial charge in [-0.05, 0) is 23.8 Å². The number of halogens is 2. The fraction of sp³-hybridized carbons (Fsp3) is 0.154. The van der Waals surface area contributed by atoms with E-state index in [-0.39, 0.29) is 22.7 Å². The molecule has 7 heteroatoms. The Morgan fingerprint density at radius 1 is 1.45 bits per heavy atom. The Balaban J connectivity index is 2.60. The van der Waals surface area contributed by atoms with Crippen LogP contribution < -0.4 is 11.2 Å². The molecule has 0 amide bonds. The number of benzene rings is 1. The van der Waals surface area contributed by atoms with Crippen molar-refractivity contribution in [3.8, 4) is 6.07 Å². The first-order valence-electron chi connectivity index (χ1n) is 5.63. The normalized spacial score (nSPS) is 10.3. The lowest BCUT2D eigenvalue weighted by Gasteiger charge is -2.11. The van der Waals surface area contributed by atoms with Crippen molar-refractivity contribution in [2.24, 2.45) is 7.05 Å². The van der Waals surface area contributed by atoms with E-state index in [4.69, 9.17) is 22.3 Å².